The minimum Gasteiger partial charge on any atom is -0.310 e. The Hall–Kier alpha value is -1.07. The van der Waals surface area contributed by atoms with Crippen LogP contribution in [-0.2, 0) is 12.7 Å². The van der Waals surface area contributed by atoms with Crippen LogP contribution < -0.4 is 5.32 Å². The van der Waals surface area contributed by atoms with E-state index in [0.29, 0.717) is 24.1 Å². The number of rotatable bonds is 4. The van der Waals surface area contributed by atoms with E-state index in [9.17, 15) is 13.2 Å². The molecule has 0 saturated carbocycles. The molecule has 21 heavy (non-hydrogen) atoms. The fraction of sp³-hybridized carbons (Fsp3) is 0.625. The molecule has 0 amide bonds. The van der Waals surface area contributed by atoms with Crippen LogP contribution in [0, 0.1) is 5.92 Å². The van der Waals surface area contributed by atoms with Gasteiger partial charge in [0.05, 0.1) is 5.56 Å². The lowest BCUT2D eigenvalue weighted by molar-refractivity contribution is -0.137. The number of hydrogen-bond acceptors (Lipinski definition) is 2. The van der Waals surface area contributed by atoms with E-state index >= 15 is 0 Å². The van der Waals surface area contributed by atoms with Gasteiger partial charge in [0.1, 0.15) is 0 Å². The maximum Gasteiger partial charge on any atom is 0.416 e. The summed E-state index contributed by atoms with van der Waals surface area (Å²) < 4.78 is 38.0. The van der Waals surface area contributed by atoms with Crippen LogP contribution in [-0.4, -0.2) is 31.1 Å². The molecule has 1 unspecified atom stereocenters. The first-order valence-electron chi connectivity index (χ1n) is 7.44. The molecule has 1 atom stereocenters. The summed E-state index contributed by atoms with van der Waals surface area (Å²) in [7, 11) is 2.12. The summed E-state index contributed by atoms with van der Waals surface area (Å²) in [5.74, 6) is 0.604. The van der Waals surface area contributed by atoms with Gasteiger partial charge in [-0.25, -0.2) is 0 Å². The third-order valence-electron chi connectivity index (χ3n) is 4.35. The number of nitrogens with one attached hydrogen (secondary N) is 1. The Labute approximate surface area is 124 Å². The third kappa shape index (κ3) is 4.71. The summed E-state index contributed by atoms with van der Waals surface area (Å²) in [5.41, 5.74) is 0.110. The number of nitrogens with zero attached hydrogens (tertiary/aromatic N) is 1. The normalized spacial score (nSPS) is 19.7. The van der Waals surface area contributed by atoms with Crippen LogP contribution >= 0.6 is 0 Å². The van der Waals surface area contributed by atoms with Gasteiger partial charge in [-0.15, -0.1) is 0 Å². The van der Waals surface area contributed by atoms with Crippen molar-refractivity contribution in [3.05, 3.63) is 35.4 Å². The zero-order valence-electron chi connectivity index (χ0n) is 12.6. The van der Waals surface area contributed by atoms with E-state index in [1.54, 1.807) is 6.07 Å². The van der Waals surface area contributed by atoms with E-state index in [1.165, 1.54) is 12.1 Å². The standard InChI is InChI=1S/C16H23F3N2/c1-12(14-6-8-21(2)9-7-14)20-11-13-4-3-5-15(10-13)16(17,18)19/h3-5,10,12,14,20H,6-9,11H2,1-2H3. The average molecular weight is 300 g/mol. The Morgan fingerprint density at radius 1 is 1.29 bits per heavy atom. The first-order valence-corrected chi connectivity index (χ1v) is 7.44. The molecule has 1 aliphatic rings. The molecule has 1 aromatic rings. The fourth-order valence-electron chi connectivity index (χ4n) is 2.83. The Kier molecular flexibility index (Phi) is 5.27. The summed E-state index contributed by atoms with van der Waals surface area (Å²) in [6.07, 6.45) is -1.98. The van der Waals surface area contributed by atoms with Crippen molar-refractivity contribution in [2.24, 2.45) is 5.92 Å². The molecule has 5 heteroatoms. The van der Waals surface area contributed by atoms with Gasteiger partial charge in [-0.05, 0) is 57.5 Å². The Balaban J connectivity index is 1.88. The van der Waals surface area contributed by atoms with E-state index in [4.69, 9.17) is 0 Å². The molecule has 2 nitrogen and oxygen atoms in total. The molecule has 0 aromatic heterocycles. The van der Waals surface area contributed by atoms with Gasteiger partial charge in [0.15, 0.2) is 0 Å². The predicted molar refractivity (Wildman–Crippen MR) is 78.0 cm³/mol. The van der Waals surface area contributed by atoms with Gasteiger partial charge in [-0.2, -0.15) is 13.2 Å². The monoisotopic (exact) mass is 300 g/mol. The Bertz CT molecular complexity index is 451. The van der Waals surface area contributed by atoms with Crippen molar-refractivity contribution in [2.45, 2.75) is 38.5 Å². The van der Waals surface area contributed by atoms with E-state index in [0.717, 1.165) is 32.0 Å². The number of likely N-dealkylation sites (tertiary alicyclic amines) is 1. The van der Waals surface area contributed by atoms with E-state index in [1.807, 2.05) is 0 Å². The maximum atomic E-state index is 12.7. The van der Waals surface area contributed by atoms with Crippen LogP contribution in [0.15, 0.2) is 24.3 Å². The zero-order valence-corrected chi connectivity index (χ0v) is 12.6. The third-order valence-corrected chi connectivity index (χ3v) is 4.35. The van der Waals surface area contributed by atoms with Crippen molar-refractivity contribution >= 4 is 0 Å². The molecule has 1 aliphatic heterocycles. The number of halogens is 3. The highest BCUT2D eigenvalue weighted by Gasteiger charge is 2.30. The molecule has 1 fully saturated rings. The Morgan fingerprint density at radius 3 is 2.57 bits per heavy atom. The minimum atomic E-state index is -4.27. The van der Waals surface area contributed by atoms with Gasteiger partial charge in [0, 0.05) is 12.6 Å². The average Bonchev–Trinajstić information content (AvgIpc) is 2.45. The van der Waals surface area contributed by atoms with Gasteiger partial charge in [-0.1, -0.05) is 18.2 Å². The second-order valence-electron chi connectivity index (χ2n) is 6.01. The molecule has 0 aliphatic carbocycles. The van der Waals surface area contributed by atoms with E-state index < -0.39 is 11.7 Å². The molecular formula is C16H23F3N2. The lowest BCUT2D eigenvalue weighted by Crippen LogP contribution is -2.40. The summed E-state index contributed by atoms with van der Waals surface area (Å²) in [4.78, 5) is 2.32. The summed E-state index contributed by atoms with van der Waals surface area (Å²) >= 11 is 0. The molecule has 0 bridgehead atoms. The van der Waals surface area contributed by atoms with Crippen LogP contribution in [0.1, 0.15) is 30.9 Å². The van der Waals surface area contributed by atoms with Crippen molar-refractivity contribution in [1.82, 2.24) is 10.2 Å². The molecule has 1 saturated heterocycles. The van der Waals surface area contributed by atoms with Gasteiger partial charge < -0.3 is 10.2 Å². The first kappa shape index (κ1) is 16.3. The second-order valence-corrected chi connectivity index (χ2v) is 6.01. The zero-order chi connectivity index (χ0) is 15.5. The van der Waals surface area contributed by atoms with Crippen LogP contribution in [0.3, 0.4) is 0 Å². The Morgan fingerprint density at radius 2 is 1.95 bits per heavy atom. The van der Waals surface area contributed by atoms with Crippen LogP contribution in [0.5, 0.6) is 0 Å². The molecule has 2 rings (SSSR count). The van der Waals surface area contributed by atoms with Gasteiger partial charge >= 0.3 is 6.18 Å². The molecule has 1 heterocycles. The number of piperidine rings is 1. The maximum absolute atomic E-state index is 12.7. The van der Waals surface area contributed by atoms with Crippen LogP contribution in [0.25, 0.3) is 0 Å². The highest BCUT2D eigenvalue weighted by atomic mass is 19.4. The van der Waals surface area contributed by atoms with Crippen molar-refractivity contribution in [3.63, 3.8) is 0 Å². The van der Waals surface area contributed by atoms with Crippen molar-refractivity contribution < 1.29 is 13.2 Å². The lowest BCUT2D eigenvalue weighted by Gasteiger charge is -2.33. The number of hydrogen-bond donors (Lipinski definition) is 1. The molecular weight excluding hydrogens is 277 g/mol. The fourth-order valence-corrected chi connectivity index (χ4v) is 2.83. The molecule has 1 N–H and O–H groups in total. The number of alkyl halides is 3. The van der Waals surface area contributed by atoms with Crippen molar-refractivity contribution in [1.29, 1.82) is 0 Å². The predicted octanol–water partition coefficient (Wildman–Crippen LogP) is 3.53. The molecule has 0 spiro atoms. The summed E-state index contributed by atoms with van der Waals surface area (Å²) in [6.45, 7) is 4.81. The largest absolute Gasteiger partial charge is 0.416 e. The van der Waals surface area contributed by atoms with Crippen molar-refractivity contribution in [2.75, 3.05) is 20.1 Å². The summed E-state index contributed by atoms with van der Waals surface area (Å²) in [6, 6.07) is 5.88. The molecule has 0 radical (unpaired) electrons. The second kappa shape index (κ2) is 6.79. The number of benzene rings is 1. The molecule has 118 valence electrons. The SMILES string of the molecule is CC(NCc1cccc(C(F)(F)F)c1)C1CCN(C)CC1. The van der Waals surface area contributed by atoms with Gasteiger partial charge in [0.25, 0.3) is 0 Å². The first-order chi connectivity index (χ1) is 9.86. The molecule has 1 aromatic carbocycles. The summed E-state index contributed by atoms with van der Waals surface area (Å²) in [5, 5.41) is 3.38. The lowest BCUT2D eigenvalue weighted by atomic mass is 9.90. The van der Waals surface area contributed by atoms with E-state index in [-0.39, 0.29) is 0 Å². The van der Waals surface area contributed by atoms with Gasteiger partial charge in [-0.3, -0.25) is 0 Å². The van der Waals surface area contributed by atoms with Crippen molar-refractivity contribution in [3.8, 4) is 0 Å². The topological polar surface area (TPSA) is 15.3 Å². The highest BCUT2D eigenvalue weighted by Crippen LogP contribution is 2.29. The quantitative estimate of drug-likeness (QED) is 0.915. The van der Waals surface area contributed by atoms with E-state index in [2.05, 4.69) is 24.2 Å². The highest BCUT2D eigenvalue weighted by molar-refractivity contribution is 5.25. The van der Waals surface area contributed by atoms with Crippen LogP contribution in [0.4, 0.5) is 13.2 Å². The minimum absolute atomic E-state index is 0.327. The van der Waals surface area contributed by atoms with Gasteiger partial charge in [0.2, 0.25) is 0 Å². The van der Waals surface area contributed by atoms with Crippen LogP contribution in [0.2, 0.25) is 0 Å². The smallest absolute Gasteiger partial charge is 0.310 e.